The fourth-order valence-electron chi connectivity index (χ4n) is 2.33. The topological polar surface area (TPSA) is 114 Å². The SMILES string of the molecule is CC(=O)Nc1ccc(NS(C)(=O)=O)c(C(=O)Nc2cccc(OCC(F)(F)F)c2)c1. The number of amides is 2. The zero-order valence-corrected chi connectivity index (χ0v) is 16.6. The van der Waals surface area contributed by atoms with E-state index >= 15 is 0 Å². The predicted molar refractivity (Wildman–Crippen MR) is 105 cm³/mol. The van der Waals surface area contributed by atoms with Gasteiger partial charge in [-0.05, 0) is 30.3 Å². The number of rotatable bonds is 7. The third-order valence-electron chi connectivity index (χ3n) is 3.37. The molecule has 3 N–H and O–H groups in total. The van der Waals surface area contributed by atoms with Crippen molar-refractivity contribution in [2.45, 2.75) is 13.1 Å². The van der Waals surface area contributed by atoms with Gasteiger partial charge in [0.15, 0.2) is 6.61 Å². The average Bonchev–Trinajstić information content (AvgIpc) is 2.59. The Hall–Kier alpha value is -3.28. The van der Waals surface area contributed by atoms with Crippen LogP contribution in [0.25, 0.3) is 0 Å². The molecule has 0 bridgehead atoms. The molecule has 2 aromatic carbocycles. The van der Waals surface area contributed by atoms with Gasteiger partial charge < -0.3 is 15.4 Å². The molecule has 30 heavy (non-hydrogen) atoms. The lowest BCUT2D eigenvalue weighted by molar-refractivity contribution is -0.153. The van der Waals surface area contributed by atoms with E-state index in [2.05, 4.69) is 20.1 Å². The number of ether oxygens (including phenoxy) is 1. The zero-order valence-electron chi connectivity index (χ0n) is 15.8. The van der Waals surface area contributed by atoms with E-state index in [4.69, 9.17) is 0 Å². The summed E-state index contributed by atoms with van der Waals surface area (Å²) in [7, 11) is -3.71. The molecule has 8 nitrogen and oxygen atoms in total. The van der Waals surface area contributed by atoms with Crippen LogP contribution in [0.4, 0.5) is 30.2 Å². The molecule has 2 rings (SSSR count). The fraction of sp³-hybridized carbons (Fsp3) is 0.222. The summed E-state index contributed by atoms with van der Waals surface area (Å²) in [6.45, 7) is -0.236. The van der Waals surface area contributed by atoms with Crippen molar-refractivity contribution >= 4 is 38.9 Å². The smallest absolute Gasteiger partial charge is 0.422 e. The van der Waals surface area contributed by atoms with E-state index in [0.717, 1.165) is 6.26 Å². The van der Waals surface area contributed by atoms with Crippen molar-refractivity contribution < 1.29 is 35.9 Å². The van der Waals surface area contributed by atoms with E-state index in [0.29, 0.717) is 0 Å². The Labute approximate surface area is 170 Å². The summed E-state index contributed by atoms with van der Waals surface area (Å²) in [6.07, 6.45) is -3.62. The van der Waals surface area contributed by atoms with Crippen molar-refractivity contribution in [2.75, 3.05) is 28.2 Å². The first kappa shape index (κ1) is 23.0. The molecule has 0 aliphatic carbocycles. The number of hydrogen-bond acceptors (Lipinski definition) is 5. The molecule has 0 unspecified atom stereocenters. The standard InChI is InChI=1S/C18H18F3N3O5S/c1-11(25)22-13-6-7-16(24-30(2,27)28)15(9-13)17(26)23-12-4-3-5-14(8-12)29-10-18(19,20)21/h3-9,24H,10H2,1-2H3,(H,22,25)(H,23,26). The number of nitrogens with one attached hydrogen (secondary N) is 3. The van der Waals surface area contributed by atoms with Crippen LogP contribution in [0.15, 0.2) is 42.5 Å². The molecule has 2 aromatic rings. The molecule has 0 aromatic heterocycles. The largest absolute Gasteiger partial charge is 0.484 e. The van der Waals surface area contributed by atoms with Gasteiger partial charge in [-0.2, -0.15) is 13.2 Å². The minimum atomic E-state index is -4.52. The number of sulfonamides is 1. The highest BCUT2D eigenvalue weighted by Crippen LogP contribution is 2.25. The number of anilines is 3. The van der Waals surface area contributed by atoms with Crippen molar-refractivity contribution in [2.24, 2.45) is 0 Å². The van der Waals surface area contributed by atoms with Crippen LogP contribution in [0.5, 0.6) is 5.75 Å². The summed E-state index contributed by atoms with van der Waals surface area (Å²) >= 11 is 0. The van der Waals surface area contributed by atoms with Gasteiger partial charge in [0, 0.05) is 24.4 Å². The first-order valence-corrected chi connectivity index (χ1v) is 10.2. The highest BCUT2D eigenvalue weighted by molar-refractivity contribution is 7.92. The van der Waals surface area contributed by atoms with E-state index in [1.165, 1.54) is 49.4 Å². The first-order chi connectivity index (χ1) is 13.8. The number of alkyl halides is 3. The van der Waals surface area contributed by atoms with Crippen LogP contribution in [-0.2, 0) is 14.8 Å². The molecule has 0 aliphatic heterocycles. The van der Waals surface area contributed by atoms with E-state index in [-0.39, 0.29) is 28.4 Å². The van der Waals surface area contributed by atoms with Gasteiger partial charge in [-0.15, -0.1) is 0 Å². The minimum Gasteiger partial charge on any atom is -0.484 e. The third-order valence-corrected chi connectivity index (χ3v) is 3.97. The number of carbonyl (C=O) groups excluding carboxylic acids is 2. The van der Waals surface area contributed by atoms with Crippen LogP contribution in [0.3, 0.4) is 0 Å². The zero-order chi connectivity index (χ0) is 22.5. The fourth-order valence-corrected chi connectivity index (χ4v) is 2.91. The van der Waals surface area contributed by atoms with Gasteiger partial charge in [-0.3, -0.25) is 14.3 Å². The maximum Gasteiger partial charge on any atom is 0.422 e. The van der Waals surface area contributed by atoms with Crippen molar-refractivity contribution in [3.8, 4) is 5.75 Å². The molecule has 0 atom stereocenters. The normalized spacial score (nSPS) is 11.5. The Kier molecular flexibility index (Phi) is 6.92. The highest BCUT2D eigenvalue weighted by atomic mass is 32.2. The first-order valence-electron chi connectivity index (χ1n) is 8.33. The summed E-state index contributed by atoms with van der Waals surface area (Å²) in [4.78, 5) is 24.0. The lowest BCUT2D eigenvalue weighted by Gasteiger charge is -2.14. The molecule has 0 saturated heterocycles. The molecule has 0 heterocycles. The van der Waals surface area contributed by atoms with E-state index in [9.17, 15) is 31.2 Å². The lowest BCUT2D eigenvalue weighted by atomic mass is 10.1. The Morgan fingerprint density at radius 3 is 2.30 bits per heavy atom. The average molecular weight is 445 g/mol. The van der Waals surface area contributed by atoms with Gasteiger partial charge in [-0.25, -0.2) is 8.42 Å². The number of halogens is 3. The highest BCUT2D eigenvalue weighted by Gasteiger charge is 2.28. The van der Waals surface area contributed by atoms with Crippen LogP contribution < -0.4 is 20.1 Å². The van der Waals surface area contributed by atoms with E-state index in [1.807, 2.05) is 0 Å². The van der Waals surface area contributed by atoms with Gasteiger partial charge in [0.25, 0.3) is 5.91 Å². The molecule has 0 aliphatic rings. The Bertz CT molecular complexity index is 1060. The Morgan fingerprint density at radius 1 is 1.03 bits per heavy atom. The third kappa shape index (κ3) is 7.62. The molecular formula is C18H18F3N3O5S. The van der Waals surface area contributed by atoms with Gasteiger partial charge in [0.1, 0.15) is 5.75 Å². The molecule has 2 amide bonds. The predicted octanol–water partition coefficient (Wildman–Crippen LogP) is 3.21. The van der Waals surface area contributed by atoms with Gasteiger partial charge in [0.05, 0.1) is 17.5 Å². The Balaban J connectivity index is 2.29. The molecule has 162 valence electrons. The van der Waals surface area contributed by atoms with Crippen molar-refractivity contribution in [1.29, 1.82) is 0 Å². The molecule has 0 fully saturated rings. The number of carbonyl (C=O) groups is 2. The quantitative estimate of drug-likeness (QED) is 0.606. The van der Waals surface area contributed by atoms with Gasteiger partial charge in [-0.1, -0.05) is 6.07 Å². The van der Waals surface area contributed by atoms with Crippen LogP contribution in [0.1, 0.15) is 17.3 Å². The Morgan fingerprint density at radius 2 is 1.70 bits per heavy atom. The summed E-state index contributed by atoms with van der Waals surface area (Å²) < 4.78 is 66.9. The van der Waals surface area contributed by atoms with Crippen LogP contribution >= 0.6 is 0 Å². The maximum atomic E-state index is 12.7. The van der Waals surface area contributed by atoms with Crippen molar-refractivity contribution in [3.63, 3.8) is 0 Å². The van der Waals surface area contributed by atoms with Crippen molar-refractivity contribution in [1.82, 2.24) is 0 Å². The monoisotopic (exact) mass is 445 g/mol. The lowest BCUT2D eigenvalue weighted by Crippen LogP contribution is -2.20. The second-order valence-electron chi connectivity index (χ2n) is 6.20. The molecule has 0 spiro atoms. The maximum absolute atomic E-state index is 12.7. The molecule has 0 saturated carbocycles. The number of hydrogen-bond donors (Lipinski definition) is 3. The summed E-state index contributed by atoms with van der Waals surface area (Å²) in [6, 6.07) is 9.22. The summed E-state index contributed by atoms with van der Waals surface area (Å²) in [5.41, 5.74) is 0.200. The van der Waals surface area contributed by atoms with E-state index in [1.54, 1.807) is 0 Å². The molecule has 12 heteroatoms. The second-order valence-corrected chi connectivity index (χ2v) is 7.95. The van der Waals surface area contributed by atoms with Gasteiger partial charge >= 0.3 is 6.18 Å². The van der Waals surface area contributed by atoms with Crippen LogP contribution in [0.2, 0.25) is 0 Å². The van der Waals surface area contributed by atoms with Crippen LogP contribution in [-0.4, -0.2) is 39.3 Å². The second kappa shape index (κ2) is 9.03. The molecular weight excluding hydrogens is 427 g/mol. The number of benzene rings is 2. The van der Waals surface area contributed by atoms with E-state index < -0.39 is 34.6 Å². The van der Waals surface area contributed by atoms with Gasteiger partial charge in [0.2, 0.25) is 15.9 Å². The molecule has 0 radical (unpaired) electrons. The minimum absolute atomic E-state index is 0.0476. The summed E-state index contributed by atoms with van der Waals surface area (Å²) in [5, 5.41) is 4.93. The van der Waals surface area contributed by atoms with Crippen molar-refractivity contribution in [3.05, 3.63) is 48.0 Å². The summed E-state index contributed by atoms with van der Waals surface area (Å²) in [5.74, 6) is -1.28. The van der Waals surface area contributed by atoms with Crippen LogP contribution in [0, 0.1) is 0 Å².